The van der Waals surface area contributed by atoms with Gasteiger partial charge in [-0.2, -0.15) is 0 Å². The molecule has 0 aliphatic rings. The lowest BCUT2D eigenvalue weighted by atomic mass is 10.0. The van der Waals surface area contributed by atoms with Crippen LogP contribution in [0.15, 0.2) is 18.2 Å². The molecule has 1 atom stereocenters. The van der Waals surface area contributed by atoms with Gasteiger partial charge in [-0.25, -0.2) is 13.6 Å². The minimum Gasteiger partial charge on any atom is -0.464 e. The summed E-state index contributed by atoms with van der Waals surface area (Å²) in [6.45, 7) is 3.27. The third-order valence-electron chi connectivity index (χ3n) is 2.36. The van der Waals surface area contributed by atoms with Crippen molar-refractivity contribution >= 4 is 5.97 Å². The quantitative estimate of drug-likeness (QED) is 0.828. The highest BCUT2D eigenvalue weighted by Gasteiger charge is 2.21. The van der Waals surface area contributed by atoms with Gasteiger partial charge in [-0.05, 0) is 31.0 Å². The number of alkyl halides is 2. The average molecular weight is 244 g/mol. The van der Waals surface area contributed by atoms with Gasteiger partial charge < -0.3 is 9.84 Å². The molecule has 0 radical (unpaired) electrons. The van der Waals surface area contributed by atoms with Gasteiger partial charge in [0, 0.05) is 5.56 Å². The summed E-state index contributed by atoms with van der Waals surface area (Å²) in [5.74, 6) is -0.837. The van der Waals surface area contributed by atoms with Gasteiger partial charge in [0.05, 0.1) is 6.61 Å². The first-order valence-electron chi connectivity index (χ1n) is 5.20. The summed E-state index contributed by atoms with van der Waals surface area (Å²) in [7, 11) is 0. The van der Waals surface area contributed by atoms with Crippen molar-refractivity contribution in [1.29, 1.82) is 0 Å². The van der Waals surface area contributed by atoms with E-state index in [1.54, 1.807) is 13.8 Å². The lowest BCUT2D eigenvalue weighted by Crippen LogP contribution is -2.15. The molecule has 3 nitrogen and oxygen atoms in total. The largest absolute Gasteiger partial charge is 0.464 e. The molecule has 0 spiro atoms. The molecule has 1 aromatic carbocycles. The smallest absolute Gasteiger partial charge is 0.339 e. The highest BCUT2D eigenvalue weighted by Crippen LogP contribution is 2.26. The van der Waals surface area contributed by atoms with Crippen LogP contribution in [0.25, 0.3) is 0 Å². The highest BCUT2D eigenvalue weighted by molar-refractivity contribution is 5.76. The number of aliphatic hydroxyl groups excluding tert-OH is 1. The zero-order chi connectivity index (χ0) is 13.0. The van der Waals surface area contributed by atoms with Crippen molar-refractivity contribution in [3.8, 4) is 0 Å². The van der Waals surface area contributed by atoms with Crippen molar-refractivity contribution in [1.82, 2.24) is 0 Å². The topological polar surface area (TPSA) is 46.5 Å². The number of hydrogen-bond donors (Lipinski definition) is 1. The molecular weight excluding hydrogens is 230 g/mol. The number of ether oxygens (including phenoxy) is 1. The van der Waals surface area contributed by atoms with Gasteiger partial charge in [0.15, 0.2) is 6.10 Å². The molecule has 0 fully saturated rings. The molecule has 0 bridgehead atoms. The Balaban J connectivity index is 2.99. The van der Waals surface area contributed by atoms with Crippen LogP contribution in [0, 0.1) is 6.92 Å². The van der Waals surface area contributed by atoms with Crippen LogP contribution in [0.2, 0.25) is 0 Å². The van der Waals surface area contributed by atoms with Gasteiger partial charge in [0.2, 0.25) is 0 Å². The lowest BCUT2D eigenvalue weighted by Gasteiger charge is -2.12. The van der Waals surface area contributed by atoms with Gasteiger partial charge in [-0.1, -0.05) is 12.1 Å². The number of benzene rings is 1. The van der Waals surface area contributed by atoms with Crippen molar-refractivity contribution < 1.29 is 23.4 Å². The number of hydrogen-bond acceptors (Lipinski definition) is 3. The second-order valence-corrected chi connectivity index (χ2v) is 3.57. The van der Waals surface area contributed by atoms with E-state index in [4.69, 9.17) is 0 Å². The fourth-order valence-electron chi connectivity index (χ4n) is 1.42. The van der Waals surface area contributed by atoms with Crippen molar-refractivity contribution in [3.05, 3.63) is 34.9 Å². The van der Waals surface area contributed by atoms with Crippen molar-refractivity contribution in [3.63, 3.8) is 0 Å². The maximum atomic E-state index is 12.6. The van der Waals surface area contributed by atoms with E-state index < -0.39 is 18.5 Å². The third kappa shape index (κ3) is 3.23. The van der Waals surface area contributed by atoms with Crippen LogP contribution in [0.3, 0.4) is 0 Å². The average Bonchev–Trinajstić information content (AvgIpc) is 2.28. The Morgan fingerprint density at radius 2 is 2.12 bits per heavy atom. The van der Waals surface area contributed by atoms with E-state index in [1.807, 2.05) is 0 Å². The summed E-state index contributed by atoms with van der Waals surface area (Å²) < 4.78 is 29.9. The van der Waals surface area contributed by atoms with Crippen LogP contribution in [0.5, 0.6) is 0 Å². The first-order chi connectivity index (χ1) is 7.97. The van der Waals surface area contributed by atoms with E-state index in [1.165, 1.54) is 12.1 Å². The van der Waals surface area contributed by atoms with Crippen LogP contribution in [-0.2, 0) is 9.53 Å². The zero-order valence-electron chi connectivity index (χ0n) is 9.61. The van der Waals surface area contributed by atoms with E-state index in [2.05, 4.69) is 4.74 Å². The number of halogens is 2. The fourth-order valence-corrected chi connectivity index (χ4v) is 1.42. The zero-order valence-corrected chi connectivity index (χ0v) is 9.61. The van der Waals surface area contributed by atoms with Gasteiger partial charge in [-0.15, -0.1) is 0 Å². The standard InChI is InChI=1S/C12H14F2O3/c1-3-17-12(16)10(15)8-5-4-7(2)9(6-8)11(13)14/h4-6,10-11,15H,3H2,1-2H3. The number of aliphatic hydroxyl groups is 1. The molecule has 0 saturated heterocycles. The number of aryl methyl sites for hydroxylation is 1. The molecule has 0 saturated carbocycles. The van der Waals surface area contributed by atoms with Crippen molar-refractivity contribution in [2.45, 2.75) is 26.4 Å². The van der Waals surface area contributed by atoms with E-state index >= 15 is 0 Å². The highest BCUT2D eigenvalue weighted by atomic mass is 19.3. The predicted molar refractivity (Wildman–Crippen MR) is 57.7 cm³/mol. The number of esters is 1. The van der Waals surface area contributed by atoms with Crippen molar-refractivity contribution in [2.75, 3.05) is 6.61 Å². The molecule has 17 heavy (non-hydrogen) atoms. The molecule has 0 aliphatic heterocycles. The Bertz CT molecular complexity index is 405. The Kier molecular flexibility index (Phi) is 4.57. The second-order valence-electron chi connectivity index (χ2n) is 3.57. The van der Waals surface area contributed by atoms with Gasteiger partial charge in [0.1, 0.15) is 0 Å². The summed E-state index contributed by atoms with van der Waals surface area (Å²) in [6.07, 6.45) is -4.16. The molecule has 0 aromatic heterocycles. The second kappa shape index (κ2) is 5.72. The van der Waals surface area contributed by atoms with E-state index in [0.717, 1.165) is 6.07 Å². The normalized spacial score (nSPS) is 12.6. The van der Waals surface area contributed by atoms with Crippen LogP contribution in [0.1, 0.15) is 36.1 Å². The van der Waals surface area contributed by atoms with Gasteiger partial charge >= 0.3 is 5.97 Å². The maximum absolute atomic E-state index is 12.6. The Morgan fingerprint density at radius 1 is 1.47 bits per heavy atom. The maximum Gasteiger partial charge on any atom is 0.339 e. The molecule has 0 amide bonds. The molecule has 1 aromatic rings. The summed E-state index contributed by atoms with van der Waals surface area (Å²) in [5, 5.41) is 9.60. The minimum absolute atomic E-state index is 0.115. The number of rotatable bonds is 4. The molecule has 0 aliphatic carbocycles. The summed E-state index contributed by atoms with van der Waals surface area (Å²) in [5.41, 5.74) is 0.343. The van der Waals surface area contributed by atoms with E-state index in [-0.39, 0.29) is 17.7 Å². The molecule has 94 valence electrons. The SMILES string of the molecule is CCOC(=O)C(O)c1ccc(C)c(C(F)F)c1. The van der Waals surface area contributed by atoms with Crippen molar-refractivity contribution in [2.24, 2.45) is 0 Å². The van der Waals surface area contributed by atoms with Crippen LogP contribution in [0.4, 0.5) is 8.78 Å². The Hall–Kier alpha value is -1.49. The fraction of sp³-hybridized carbons (Fsp3) is 0.417. The minimum atomic E-state index is -2.63. The molecule has 1 N–H and O–H groups in total. The van der Waals surface area contributed by atoms with Crippen LogP contribution < -0.4 is 0 Å². The summed E-state index contributed by atoms with van der Waals surface area (Å²) in [6, 6.07) is 4.00. The Labute approximate surface area is 98.0 Å². The molecule has 0 heterocycles. The molecule has 1 rings (SSSR count). The number of carbonyl (C=O) groups is 1. The first kappa shape index (κ1) is 13.6. The van der Waals surface area contributed by atoms with Gasteiger partial charge in [0.25, 0.3) is 6.43 Å². The summed E-state index contributed by atoms with van der Waals surface area (Å²) in [4.78, 5) is 11.2. The van der Waals surface area contributed by atoms with Crippen LogP contribution in [-0.4, -0.2) is 17.7 Å². The van der Waals surface area contributed by atoms with Gasteiger partial charge in [-0.3, -0.25) is 0 Å². The summed E-state index contributed by atoms with van der Waals surface area (Å²) >= 11 is 0. The monoisotopic (exact) mass is 244 g/mol. The third-order valence-corrected chi connectivity index (χ3v) is 2.36. The molecule has 1 unspecified atom stereocenters. The predicted octanol–water partition coefficient (Wildman–Crippen LogP) is 2.53. The lowest BCUT2D eigenvalue weighted by molar-refractivity contribution is -0.153. The molecular formula is C12H14F2O3. The Morgan fingerprint density at radius 3 is 2.65 bits per heavy atom. The van der Waals surface area contributed by atoms with Crippen LogP contribution >= 0.6 is 0 Å². The first-order valence-corrected chi connectivity index (χ1v) is 5.20. The number of carbonyl (C=O) groups excluding carboxylic acids is 1. The molecule has 5 heteroatoms. The van der Waals surface area contributed by atoms with E-state index in [0.29, 0.717) is 5.56 Å². The van der Waals surface area contributed by atoms with E-state index in [9.17, 15) is 18.7 Å².